The summed E-state index contributed by atoms with van der Waals surface area (Å²) in [5.74, 6) is 0. The van der Waals surface area contributed by atoms with E-state index in [2.05, 4.69) is 67.4 Å². The van der Waals surface area contributed by atoms with E-state index in [-0.39, 0.29) is 12.1 Å². The molecule has 0 aliphatic carbocycles. The smallest absolute Gasteiger partial charge is 0.0681 e. The first-order valence-corrected chi connectivity index (χ1v) is 8.17. The summed E-state index contributed by atoms with van der Waals surface area (Å²) >= 11 is 0. The molecule has 0 bridgehead atoms. The second kappa shape index (κ2) is 6.23. The average molecular weight is 295 g/mol. The second-order valence-corrected chi connectivity index (χ2v) is 6.50. The van der Waals surface area contributed by atoms with Crippen LogP contribution in [0, 0.1) is 0 Å². The average Bonchev–Trinajstić information content (AvgIpc) is 2.58. The Morgan fingerprint density at radius 2 is 1.32 bits per heavy atom. The van der Waals surface area contributed by atoms with E-state index in [1.165, 1.54) is 11.1 Å². The molecule has 1 saturated heterocycles. The summed E-state index contributed by atoms with van der Waals surface area (Å²) < 4.78 is 0. The molecule has 2 aromatic carbocycles. The van der Waals surface area contributed by atoms with Gasteiger partial charge in [-0.3, -0.25) is 4.90 Å². The summed E-state index contributed by atoms with van der Waals surface area (Å²) in [5, 5.41) is 11.0. The van der Waals surface area contributed by atoms with Crippen LogP contribution in [0.3, 0.4) is 0 Å². The van der Waals surface area contributed by atoms with Crippen LogP contribution in [0.2, 0.25) is 0 Å². The quantitative estimate of drug-likeness (QED) is 0.910. The molecule has 2 nitrogen and oxygen atoms in total. The van der Waals surface area contributed by atoms with Gasteiger partial charge in [0.15, 0.2) is 0 Å². The van der Waals surface area contributed by atoms with Gasteiger partial charge in [0, 0.05) is 12.1 Å². The van der Waals surface area contributed by atoms with E-state index >= 15 is 0 Å². The molecule has 0 radical (unpaired) electrons. The van der Waals surface area contributed by atoms with Crippen LogP contribution in [0.15, 0.2) is 60.7 Å². The Hall–Kier alpha value is -1.64. The van der Waals surface area contributed by atoms with Crippen molar-refractivity contribution < 1.29 is 5.11 Å². The van der Waals surface area contributed by atoms with Crippen LogP contribution in [0.5, 0.6) is 0 Å². The Bertz CT molecular complexity index is 546. The number of hydrogen-bond donors (Lipinski definition) is 1. The Kier molecular flexibility index (Phi) is 4.32. The summed E-state index contributed by atoms with van der Waals surface area (Å²) in [7, 11) is 2.19. The third kappa shape index (κ3) is 2.94. The first kappa shape index (κ1) is 15.3. The highest BCUT2D eigenvalue weighted by Gasteiger charge is 2.42. The van der Waals surface area contributed by atoms with E-state index in [9.17, 15) is 5.11 Å². The van der Waals surface area contributed by atoms with E-state index in [0.29, 0.717) is 0 Å². The summed E-state index contributed by atoms with van der Waals surface area (Å²) in [5.41, 5.74) is 1.99. The lowest BCUT2D eigenvalue weighted by molar-refractivity contribution is -0.0708. The predicted molar refractivity (Wildman–Crippen MR) is 90.6 cm³/mol. The Labute approximate surface area is 133 Å². The molecule has 1 aliphatic heterocycles. The van der Waals surface area contributed by atoms with Crippen molar-refractivity contribution in [2.45, 2.75) is 43.9 Å². The zero-order chi connectivity index (χ0) is 15.6. The maximum absolute atomic E-state index is 11.0. The van der Waals surface area contributed by atoms with Crippen LogP contribution in [-0.2, 0) is 0 Å². The number of hydrogen-bond acceptors (Lipinski definition) is 2. The molecule has 2 heteroatoms. The first-order valence-electron chi connectivity index (χ1n) is 8.17. The van der Waals surface area contributed by atoms with Gasteiger partial charge in [-0.15, -0.1) is 0 Å². The van der Waals surface area contributed by atoms with Crippen molar-refractivity contribution in [3.05, 3.63) is 71.8 Å². The first-order chi connectivity index (χ1) is 10.6. The van der Waals surface area contributed by atoms with Crippen LogP contribution in [0.1, 0.15) is 49.4 Å². The lowest BCUT2D eigenvalue weighted by atomic mass is 9.77. The molecule has 1 N–H and O–H groups in total. The minimum Gasteiger partial charge on any atom is -0.390 e. The molecule has 0 saturated carbocycles. The van der Waals surface area contributed by atoms with E-state index in [1.54, 1.807) is 0 Å². The predicted octanol–water partition coefficient (Wildman–Crippen LogP) is 4.34. The Morgan fingerprint density at radius 3 is 1.68 bits per heavy atom. The highest BCUT2D eigenvalue weighted by atomic mass is 16.3. The van der Waals surface area contributed by atoms with Crippen LogP contribution in [0.4, 0.5) is 0 Å². The van der Waals surface area contributed by atoms with Crippen molar-refractivity contribution in [2.75, 3.05) is 7.05 Å². The van der Waals surface area contributed by atoms with Crippen LogP contribution in [-0.4, -0.2) is 22.7 Å². The Morgan fingerprint density at radius 1 is 0.909 bits per heavy atom. The lowest BCUT2D eigenvalue weighted by Crippen LogP contribution is -2.46. The standard InChI is InChI=1S/C20H25NO/c1-3-20(22)14-18(16-10-6-4-7-11-16)21(2)19(15-20)17-12-8-5-9-13-17/h4-13,18-19,22H,3,14-15H2,1-2H3/t18-,19+,20?. The number of rotatable bonds is 3. The van der Waals surface area contributed by atoms with Gasteiger partial charge in [-0.1, -0.05) is 67.6 Å². The molecule has 0 spiro atoms. The van der Waals surface area contributed by atoms with Gasteiger partial charge in [0.05, 0.1) is 5.60 Å². The highest BCUT2D eigenvalue weighted by Crippen LogP contribution is 2.46. The van der Waals surface area contributed by atoms with Crippen molar-refractivity contribution in [3.8, 4) is 0 Å². The fourth-order valence-electron chi connectivity index (χ4n) is 3.65. The van der Waals surface area contributed by atoms with Crippen LogP contribution < -0.4 is 0 Å². The largest absolute Gasteiger partial charge is 0.390 e. The number of nitrogens with zero attached hydrogens (tertiary/aromatic N) is 1. The minimum atomic E-state index is -0.590. The summed E-state index contributed by atoms with van der Waals surface area (Å²) in [6.07, 6.45) is 2.40. The van der Waals surface area contributed by atoms with Gasteiger partial charge < -0.3 is 5.11 Å². The highest BCUT2D eigenvalue weighted by molar-refractivity contribution is 5.25. The number of aliphatic hydroxyl groups is 1. The summed E-state index contributed by atoms with van der Waals surface area (Å²) in [6.45, 7) is 2.09. The normalized spacial score (nSPS) is 29.4. The van der Waals surface area contributed by atoms with Crippen LogP contribution >= 0.6 is 0 Å². The molecule has 1 aliphatic rings. The third-order valence-corrected chi connectivity index (χ3v) is 5.16. The monoisotopic (exact) mass is 295 g/mol. The van der Waals surface area contributed by atoms with E-state index in [4.69, 9.17) is 0 Å². The molecule has 1 heterocycles. The fourth-order valence-corrected chi connectivity index (χ4v) is 3.65. The second-order valence-electron chi connectivity index (χ2n) is 6.50. The molecular weight excluding hydrogens is 270 g/mol. The maximum Gasteiger partial charge on any atom is 0.0681 e. The van der Waals surface area contributed by atoms with Gasteiger partial charge in [-0.2, -0.15) is 0 Å². The molecule has 116 valence electrons. The third-order valence-electron chi connectivity index (χ3n) is 5.16. The maximum atomic E-state index is 11.0. The minimum absolute atomic E-state index is 0.255. The van der Waals surface area contributed by atoms with Gasteiger partial charge >= 0.3 is 0 Å². The summed E-state index contributed by atoms with van der Waals surface area (Å²) in [4.78, 5) is 2.43. The van der Waals surface area contributed by atoms with Gasteiger partial charge in [-0.25, -0.2) is 0 Å². The molecule has 0 amide bonds. The lowest BCUT2D eigenvalue weighted by Gasteiger charge is -2.47. The van der Waals surface area contributed by atoms with Gasteiger partial charge in [0.1, 0.15) is 0 Å². The van der Waals surface area contributed by atoms with E-state index < -0.39 is 5.60 Å². The molecule has 1 unspecified atom stereocenters. The van der Waals surface area contributed by atoms with Gasteiger partial charge in [0.2, 0.25) is 0 Å². The van der Waals surface area contributed by atoms with Gasteiger partial charge in [-0.05, 0) is 37.4 Å². The van der Waals surface area contributed by atoms with Crippen molar-refractivity contribution >= 4 is 0 Å². The Balaban J connectivity index is 1.97. The van der Waals surface area contributed by atoms with Crippen molar-refractivity contribution in [1.82, 2.24) is 4.90 Å². The number of piperidine rings is 1. The molecule has 0 aromatic heterocycles. The molecule has 22 heavy (non-hydrogen) atoms. The zero-order valence-corrected chi connectivity index (χ0v) is 13.4. The molecule has 2 aromatic rings. The van der Waals surface area contributed by atoms with Gasteiger partial charge in [0.25, 0.3) is 0 Å². The van der Waals surface area contributed by atoms with E-state index in [0.717, 1.165) is 19.3 Å². The molecule has 3 rings (SSSR count). The van der Waals surface area contributed by atoms with Crippen molar-refractivity contribution in [2.24, 2.45) is 0 Å². The fraction of sp³-hybridized carbons (Fsp3) is 0.400. The molecule has 1 fully saturated rings. The topological polar surface area (TPSA) is 23.5 Å². The number of likely N-dealkylation sites (tertiary alicyclic amines) is 1. The zero-order valence-electron chi connectivity index (χ0n) is 13.4. The SMILES string of the molecule is CCC1(O)C[C@H](c2ccccc2)N(C)[C@H](c2ccccc2)C1. The molecule has 3 atom stereocenters. The summed E-state index contributed by atoms with van der Waals surface area (Å²) in [6, 6.07) is 21.6. The van der Waals surface area contributed by atoms with Crippen LogP contribution in [0.25, 0.3) is 0 Å². The number of benzene rings is 2. The van der Waals surface area contributed by atoms with E-state index in [1.807, 2.05) is 12.1 Å². The molecular formula is C20H25NO. The van der Waals surface area contributed by atoms with Crippen molar-refractivity contribution in [1.29, 1.82) is 0 Å². The van der Waals surface area contributed by atoms with Crippen molar-refractivity contribution in [3.63, 3.8) is 0 Å².